The van der Waals surface area contributed by atoms with E-state index in [1.807, 2.05) is 54.6 Å². The molecule has 2 fully saturated rings. The number of amides is 2. The summed E-state index contributed by atoms with van der Waals surface area (Å²) in [5.41, 5.74) is 4.15. The van der Waals surface area contributed by atoms with Gasteiger partial charge in [-0.05, 0) is 49.1 Å². The molecule has 1 atom stereocenters. The number of carbonyl (C=O) groups is 2. The van der Waals surface area contributed by atoms with Crippen molar-refractivity contribution >= 4 is 23.6 Å². The van der Waals surface area contributed by atoms with Crippen LogP contribution < -0.4 is 10.4 Å². The van der Waals surface area contributed by atoms with Gasteiger partial charge in [-0.2, -0.15) is 0 Å². The van der Waals surface area contributed by atoms with Crippen molar-refractivity contribution in [3.63, 3.8) is 0 Å². The normalized spacial score (nSPS) is 21.3. The summed E-state index contributed by atoms with van der Waals surface area (Å²) in [6, 6.07) is 17.4. The van der Waals surface area contributed by atoms with Crippen LogP contribution in [0.25, 0.3) is 6.08 Å². The average molecular weight is 391 g/mol. The Morgan fingerprint density at radius 3 is 2.55 bits per heavy atom. The van der Waals surface area contributed by atoms with Gasteiger partial charge >= 0.3 is 0 Å². The third-order valence-electron chi connectivity index (χ3n) is 6.00. The summed E-state index contributed by atoms with van der Waals surface area (Å²) in [6.45, 7) is 2.43. The van der Waals surface area contributed by atoms with Crippen molar-refractivity contribution < 1.29 is 14.8 Å². The van der Waals surface area contributed by atoms with E-state index in [1.54, 1.807) is 11.6 Å². The predicted molar refractivity (Wildman–Crippen MR) is 112 cm³/mol. The van der Waals surface area contributed by atoms with Crippen LogP contribution in [-0.2, 0) is 4.79 Å². The summed E-state index contributed by atoms with van der Waals surface area (Å²) < 4.78 is 0. The standard InChI is InChI=1S/C23H25N3O3/c27-21(24-29)12-11-18-7-4-5-10-20(18)25-16-14-23(17-25)13-6-15-26(23)22(28)19-8-2-1-3-9-19/h1-5,7-12,29H,6,13-17H2,(H,24,27)/b12-11+. The molecule has 0 aliphatic carbocycles. The SMILES string of the molecule is O=C(/C=C/c1ccccc1N1CCC2(CCCN2C(=O)c2ccccc2)C1)NO. The Balaban J connectivity index is 1.57. The number of hydrogen-bond acceptors (Lipinski definition) is 4. The summed E-state index contributed by atoms with van der Waals surface area (Å²) >= 11 is 0. The third-order valence-corrected chi connectivity index (χ3v) is 6.00. The number of benzene rings is 2. The van der Waals surface area contributed by atoms with Crippen LogP contribution in [0.5, 0.6) is 0 Å². The maximum absolute atomic E-state index is 13.2. The number of hydrogen-bond donors (Lipinski definition) is 2. The van der Waals surface area contributed by atoms with Crippen LogP contribution in [0.2, 0.25) is 0 Å². The molecule has 1 spiro atoms. The molecule has 29 heavy (non-hydrogen) atoms. The Morgan fingerprint density at radius 2 is 1.76 bits per heavy atom. The van der Waals surface area contributed by atoms with Crippen molar-refractivity contribution in [2.45, 2.75) is 24.8 Å². The second-order valence-electron chi connectivity index (χ2n) is 7.69. The molecule has 2 aliphatic rings. The van der Waals surface area contributed by atoms with Crippen LogP contribution in [-0.4, -0.2) is 47.1 Å². The van der Waals surface area contributed by atoms with Gasteiger partial charge in [0, 0.05) is 37.0 Å². The molecule has 2 aromatic carbocycles. The summed E-state index contributed by atoms with van der Waals surface area (Å²) in [7, 11) is 0. The minimum Gasteiger partial charge on any atom is -0.369 e. The number of nitrogens with one attached hydrogen (secondary N) is 1. The van der Waals surface area contributed by atoms with Crippen molar-refractivity contribution in [2.75, 3.05) is 24.5 Å². The van der Waals surface area contributed by atoms with E-state index in [0.717, 1.165) is 55.7 Å². The molecule has 6 nitrogen and oxygen atoms in total. The van der Waals surface area contributed by atoms with Crippen LogP contribution in [0.4, 0.5) is 5.69 Å². The van der Waals surface area contributed by atoms with E-state index < -0.39 is 5.91 Å². The van der Waals surface area contributed by atoms with Crippen molar-refractivity contribution in [2.24, 2.45) is 0 Å². The van der Waals surface area contributed by atoms with Crippen molar-refractivity contribution in [1.29, 1.82) is 0 Å². The molecule has 2 saturated heterocycles. The van der Waals surface area contributed by atoms with Crippen LogP contribution >= 0.6 is 0 Å². The van der Waals surface area contributed by atoms with E-state index in [0.29, 0.717) is 0 Å². The lowest BCUT2D eigenvalue weighted by atomic mass is 9.94. The second kappa shape index (κ2) is 8.09. The van der Waals surface area contributed by atoms with Crippen molar-refractivity contribution in [1.82, 2.24) is 10.4 Å². The van der Waals surface area contributed by atoms with Gasteiger partial charge in [0.1, 0.15) is 0 Å². The van der Waals surface area contributed by atoms with Gasteiger partial charge < -0.3 is 9.80 Å². The van der Waals surface area contributed by atoms with Gasteiger partial charge in [0.15, 0.2) is 0 Å². The van der Waals surface area contributed by atoms with Crippen LogP contribution in [0.1, 0.15) is 35.2 Å². The minimum absolute atomic E-state index is 0.109. The first kappa shape index (κ1) is 19.2. The Kier molecular flexibility index (Phi) is 5.36. The fraction of sp³-hybridized carbons (Fsp3) is 0.304. The van der Waals surface area contributed by atoms with E-state index in [9.17, 15) is 9.59 Å². The highest BCUT2D eigenvalue weighted by molar-refractivity contribution is 5.95. The maximum atomic E-state index is 13.2. The van der Waals surface area contributed by atoms with Gasteiger partial charge in [-0.25, -0.2) is 5.48 Å². The Hall–Kier alpha value is -3.12. The van der Waals surface area contributed by atoms with Crippen LogP contribution in [0, 0.1) is 0 Å². The zero-order valence-corrected chi connectivity index (χ0v) is 16.3. The molecule has 2 heterocycles. The molecule has 150 valence electrons. The number of likely N-dealkylation sites (tertiary alicyclic amines) is 1. The van der Waals surface area contributed by atoms with E-state index in [-0.39, 0.29) is 11.4 Å². The molecule has 0 saturated carbocycles. The number of para-hydroxylation sites is 1. The Morgan fingerprint density at radius 1 is 1.00 bits per heavy atom. The Bertz CT molecular complexity index is 928. The number of carbonyl (C=O) groups excluding carboxylic acids is 2. The highest BCUT2D eigenvalue weighted by Crippen LogP contribution is 2.41. The summed E-state index contributed by atoms with van der Waals surface area (Å²) in [5.74, 6) is -0.453. The first-order chi connectivity index (χ1) is 14.1. The summed E-state index contributed by atoms with van der Waals surface area (Å²) in [6.07, 6.45) is 5.97. The number of rotatable bonds is 4. The summed E-state index contributed by atoms with van der Waals surface area (Å²) in [5, 5.41) is 8.71. The molecule has 2 aromatic rings. The minimum atomic E-state index is -0.562. The third kappa shape index (κ3) is 3.76. The molecule has 6 heteroatoms. The van der Waals surface area contributed by atoms with Gasteiger partial charge in [0.2, 0.25) is 0 Å². The predicted octanol–water partition coefficient (Wildman–Crippen LogP) is 3.09. The topological polar surface area (TPSA) is 72.9 Å². The van der Waals surface area contributed by atoms with E-state index >= 15 is 0 Å². The zero-order chi connectivity index (χ0) is 20.3. The molecular formula is C23H25N3O3. The zero-order valence-electron chi connectivity index (χ0n) is 16.3. The number of nitrogens with zero attached hydrogens (tertiary/aromatic N) is 2. The first-order valence-electron chi connectivity index (χ1n) is 9.96. The molecule has 1 unspecified atom stereocenters. The van der Waals surface area contributed by atoms with Gasteiger partial charge in [0.05, 0.1) is 5.54 Å². The van der Waals surface area contributed by atoms with Gasteiger partial charge in [-0.15, -0.1) is 0 Å². The molecular weight excluding hydrogens is 366 g/mol. The smallest absolute Gasteiger partial charge is 0.267 e. The maximum Gasteiger partial charge on any atom is 0.267 e. The monoisotopic (exact) mass is 391 g/mol. The molecule has 0 radical (unpaired) electrons. The lowest BCUT2D eigenvalue weighted by Gasteiger charge is -2.35. The molecule has 4 rings (SSSR count). The molecule has 0 aromatic heterocycles. The molecule has 2 aliphatic heterocycles. The molecule has 0 bridgehead atoms. The largest absolute Gasteiger partial charge is 0.369 e. The van der Waals surface area contributed by atoms with E-state index in [2.05, 4.69) is 9.80 Å². The first-order valence-corrected chi connectivity index (χ1v) is 9.96. The van der Waals surface area contributed by atoms with Gasteiger partial charge in [0.25, 0.3) is 11.8 Å². The van der Waals surface area contributed by atoms with Crippen molar-refractivity contribution in [3.8, 4) is 0 Å². The van der Waals surface area contributed by atoms with E-state index in [1.165, 1.54) is 6.08 Å². The van der Waals surface area contributed by atoms with Gasteiger partial charge in [-0.3, -0.25) is 14.8 Å². The van der Waals surface area contributed by atoms with Gasteiger partial charge in [-0.1, -0.05) is 36.4 Å². The van der Waals surface area contributed by atoms with Crippen LogP contribution in [0.3, 0.4) is 0 Å². The number of anilines is 1. The quantitative estimate of drug-likeness (QED) is 0.477. The second-order valence-corrected chi connectivity index (χ2v) is 7.69. The number of hydroxylamine groups is 1. The fourth-order valence-corrected chi connectivity index (χ4v) is 4.60. The lowest BCUT2D eigenvalue weighted by Crippen LogP contribution is -2.49. The molecule has 2 N–H and O–H groups in total. The fourth-order valence-electron chi connectivity index (χ4n) is 4.60. The summed E-state index contributed by atoms with van der Waals surface area (Å²) in [4.78, 5) is 28.9. The Labute approximate surface area is 170 Å². The average Bonchev–Trinajstić information content (AvgIpc) is 3.39. The van der Waals surface area contributed by atoms with E-state index in [4.69, 9.17) is 5.21 Å². The highest BCUT2D eigenvalue weighted by Gasteiger charge is 2.48. The highest BCUT2D eigenvalue weighted by atomic mass is 16.5. The van der Waals surface area contributed by atoms with Crippen LogP contribution in [0.15, 0.2) is 60.7 Å². The molecule has 2 amide bonds. The van der Waals surface area contributed by atoms with Crippen molar-refractivity contribution in [3.05, 3.63) is 71.8 Å². The lowest BCUT2D eigenvalue weighted by molar-refractivity contribution is -0.124.